The second-order valence-corrected chi connectivity index (χ2v) is 9.82. The number of fused-ring (bicyclic) bond motifs is 4. The molecule has 0 saturated heterocycles. The molecule has 0 fully saturated rings. The lowest BCUT2D eigenvalue weighted by atomic mass is 10.0. The summed E-state index contributed by atoms with van der Waals surface area (Å²) in [5, 5.41) is 4.99. The van der Waals surface area contributed by atoms with Crippen LogP contribution in [0.2, 0.25) is 10.0 Å². The second kappa shape index (κ2) is 9.80. The van der Waals surface area contributed by atoms with Gasteiger partial charge in [0.15, 0.2) is 0 Å². The fourth-order valence-corrected chi connectivity index (χ4v) is 5.38. The number of methoxy groups -OCH3 is 2. The predicted molar refractivity (Wildman–Crippen MR) is 158 cm³/mol. The van der Waals surface area contributed by atoms with E-state index in [1.807, 2.05) is 72.8 Å². The molecule has 6 rings (SSSR count). The third kappa shape index (κ3) is 4.11. The molecule has 0 aliphatic rings. The minimum Gasteiger partial charge on any atom is -0.497 e. The van der Waals surface area contributed by atoms with Crippen LogP contribution in [0.25, 0.3) is 43.6 Å². The highest BCUT2D eigenvalue weighted by Gasteiger charge is 2.23. The number of halogens is 2. The Morgan fingerprint density at radius 1 is 0.632 bits per heavy atom. The Bertz CT molecular complexity index is 1730. The molecule has 2 heterocycles. The highest BCUT2D eigenvalue weighted by atomic mass is 35.5. The van der Waals surface area contributed by atoms with Crippen molar-refractivity contribution < 1.29 is 9.47 Å². The van der Waals surface area contributed by atoms with Crippen molar-refractivity contribution in [2.45, 2.75) is 0 Å². The van der Waals surface area contributed by atoms with E-state index in [1.54, 1.807) is 14.2 Å². The van der Waals surface area contributed by atoms with Crippen molar-refractivity contribution in [2.75, 3.05) is 32.2 Å². The van der Waals surface area contributed by atoms with E-state index < -0.39 is 0 Å². The monoisotopic (exact) mass is 542 g/mol. The number of ether oxygens (including phenoxy) is 2. The van der Waals surface area contributed by atoms with Crippen LogP contribution in [0.4, 0.5) is 11.4 Å². The second-order valence-electron chi connectivity index (χ2n) is 8.95. The summed E-state index contributed by atoms with van der Waals surface area (Å²) >= 11 is 12.8. The topological polar surface area (TPSA) is 73.5 Å². The van der Waals surface area contributed by atoms with Crippen LogP contribution in [0.15, 0.2) is 72.8 Å². The van der Waals surface area contributed by atoms with Crippen molar-refractivity contribution in [2.24, 2.45) is 5.73 Å². The number of nitrogens with two attached hydrogens (primary N) is 1. The summed E-state index contributed by atoms with van der Waals surface area (Å²) in [4.78, 5) is 12.1. The Morgan fingerprint density at radius 2 is 1.11 bits per heavy atom. The van der Waals surface area contributed by atoms with Crippen molar-refractivity contribution >= 4 is 78.2 Å². The average Bonchev–Trinajstić information content (AvgIpc) is 2.93. The van der Waals surface area contributed by atoms with Crippen molar-refractivity contribution in [3.8, 4) is 11.5 Å². The van der Waals surface area contributed by atoms with E-state index in [2.05, 4.69) is 4.90 Å². The molecule has 38 heavy (non-hydrogen) atoms. The highest BCUT2D eigenvalue weighted by Crippen LogP contribution is 2.45. The van der Waals surface area contributed by atoms with Crippen molar-refractivity contribution in [3.63, 3.8) is 0 Å². The zero-order valence-electron chi connectivity index (χ0n) is 20.8. The van der Waals surface area contributed by atoms with Crippen LogP contribution in [0.1, 0.15) is 0 Å². The molecule has 0 radical (unpaired) electrons. The molecule has 2 aromatic heterocycles. The minimum atomic E-state index is 0.408. The Hall–Kier alpha value is -3.84. The molecule has 0 spiro atoms. The Balaban J connectivity index is 1.80. The van der Waals surface area contributed by atoms with E-state index in [0.717, 1.165) is 66.5 Å². The molecular formula is C30H24Cl2N4O2. The third-order valence-corrected chi connectivity index (χ3v) is 7.19. The molecule has 6 aromatic rings. The minimum absolute atomic E-state index is 0.408. The van der Waals surface area contributed by atoms with Crippen LogP contribution in [-0.4, -0.2) is 37.3 Å². The predicted octanol–water partition coefficient (Wildman–Crippen LogP) is 7.51. The van der Waals surface area contributed by atoms with E-state index in [9.17, 15) is 0 Å². The Kier molecular flexibility index (Phi) is 6.32. The van der Waals surface area contributed by atoms with Crippen LogP contribution in [-0.2, 0) is 0 Å². The zero-order chi connectivity index (χ0) is 26.4. The van der Waals surface area contributed by atoms with Crippen LogP contribution in [0.5, 0.6) is 11.5 Å². The molecule has 4 aromatic carbocycles. The van der Waals surface area contributed by atoms with Gasteiger partial charge in [0.05, 0.1) is 47.7 Å². The van der Waals surface area contributed by atoms with Gasteiger partial charge in [0.2, 0.25) is 0 Å². The fourth-order valence-electron chi connectivity index (χ4n) is 5.05. The Morgan fingerprint density at radius 3 is 1.53 bits per heavy atom. The van der Waals surface area contributed by atoms with E-state index in [-0.39, 0.29) is 0 Å². The molecule has 0 unspecified atom stereocenters. The molecule has 8 heteroatoms. The molecule has 190 valence electrons. The molecule has 0 aliphatic carbocycles. The van der Waals surface area contributed by atoms with Gasteiger partial charge in [0, 0.05) is 44.7 Å². The van der Waals surface area contributed by atoms with Crippen LogP contribution in [0, 0.1) is 0 Å². The summed E-state index contributed by atoms with van der Waals surface area (Å²) in [5.74, 6) is 1.47. The lowest BCUT2D eigenvalue weighted by molar-refractivity contribution is 0.415. The smallest absolute Gasteiger partial charge is 0.119 e. The lowest BCUT2D eigenvalue weighted by Crippen LogP contribution is -2.26. The number of rotatable bonds is 6. The van der Waals surface area contributed by atoms with Gasteiger partial charge < -0.3 is 20.1 Å². The van der Waals surface area contributed by atoms with E-state index in [1.165, 1.54) is 0 Å². The van der Waals surface area contributed by atoms with Gasteiger partial charge in [-0.05, 0) is 72.8 Å². The van der Waals surface area contributed by atoms with Gasteiger partial charge in [0.25, 0.3) is 0 Å². The molecule has 6 nitrogen and oxygen atoms in total. The van der Waals surface area contributed by atoms with Gasteiger partial charge in [-0.3, -0.25) is 0 Å². The summed E-state index contributed by atoms with van der Waals surface area (Å²) in [6.07, 6.45) is 0. The average molecular weight is 543 g/mol. The number of benzene rings is 4. The van der Waals surface area contributed by atoms with Gasteiger partial charge in [-0.2, -0.15) is 0 Å². The fraction of sp³-hybridized carbons (Fsp3) is 0.133. The van der Waals surface area contributed by atoms with E-state index in [0.29, 0.717) is 23.1 Å². The number of aromatic nitrogens is 2. The first-order chi connectivity index (χ1) is 18.5. The van der Waals surface area contributed by atoms with Crippen molar-refractivity contribution in [1.82, 2.24) is 9.97 Å². The zero-order valence-corrected chi connectivity index (χ0v) is 22.3. The number of hydrogen-bond donors (Lipinski definition) is 1. The summed E-state index contributed by atoms with van der Waals surface area (Å²) in [6, 6.07) is 23.3. The maximum absolute atomic E-state index is 6.40. The van der Waals surface area contributed by atoms with E-state index in [4.69, 9.17) is 48.4 Å². The molecule has 0 atom stereocenters. The van der Waals surface area contributed by atoms with Crippen molar-refractivity contribution in [3.05, 3.63) is 82.8 Å². The summed E-state index contributed by atoms with van der Waals surface area (Å²) < 4.78 is 11.2. The first kappa shape index (κ1) is 24.5. The first-order valence-electron chi connectivity index (χ1n) is 12.1. The van der Waals surface area contributed by atoms with Gasteiger partial charge in [-0.1, -0.05) is 23.2 Å². The molecule has 0 saturated carbocycles. The summed E-state index contributed by atoms with van der Waals surface area (Å²) in [5.41, 5.74) is 11.4. The molecule has 2 N–H and O–H groups in total. The van der Waals surface area contributed by atoms with Gasteiger partial charge >= 0.3 is 0 Å². The number of anilines is 2. The first-order valence-corrected chi connectivity index (χ1v) is 12.9. The molecule has 0 amide bonds. The van der Waals surface area contributed by atoms with Gasteiger partial charge in [-0.15, -0.1) is 0 Å². The quantitative estimate of drug-likeness (QED) is 0.219. The number of pyridine rings is 2. The van der Waals surface area contributed by atoms with E-state index >= 15 is 0 Å². The number of nitrogens with zero attached hydrogens (tertiary/aromatic N) is 3. The van der Waals surface area contributed by atoms with Crippen LogP contribution in [0.3, 0.4) is 0 Å². The van der Waals surface area contributed by atoms with Gasteiger partial charge in [-0.25, -0.2) is 9.97 Å². The normalized spacial score (nSPS) is 11.5. The standard InChI is InChI=1S/C30H24Cl2N4O2/c1-37-19-5-9-25-23(15-19)29(21-7-3-17(31)13-27(21)34-25)36(12-11-33)30-22-8-4-18(32)14-28(22)35-26-10-6-20(38-2)16-24(26)30/h3-10,13-16H,11-12,33H2,1-2H3. The Labute approximate surface area is 229 Å². The maximum atomic E-state index is 6.40. The summed E-state index contributed by atoms with van der Waals surface area (Å²) in [7, 11) is 3.32. The molecular weight excluding hydrogens is 519 g/mol. The molecule has 0 bridgehead atoms. The van der Waals surface area contributed by atoms with Crippen LogP contribution >= 0.6 is 23.2 Å². The SMILES string of the molecule is COc1ccc2nc3cc(Cl)ccc3c(N(CCN)c3c4ccc(Cl)cc4nc4ccc(OC)cc34)c2c1. The number of hydrogen-bond acceptors (Lipinski definition) is 6. The molecule has 0 aliphatic heterocycles. The largest absolute Gasteiger partial charge is 0.497 e. The van der Waals surface area contributed by atoms with Gasteiger partial charge in [0.1, 0.15) is 11.5 Å². The maximum Gasteiger partial charge on any atom is 0.119 e. The lowest BCUT2D eigenvalue weighted by Gasteiger charge is -2.30. The summed E-state index contributed by atoms with van der Waals surface area (Å²) in [6.45, 7) is 0.938. The highest BCUT2D eigenvalue weighted by molar-refractivity contribution is 6.32. The third-order valence-electron chi connectivity index (χ3n) is 6.72. The van der Waals surface area contributed by atoms with Crippen LogP contribution < -0.4 is 20.1 Å². The van der Waals surface area contributed by atoms with Crippen molar-refractivity contribution in [1.29, 1.82) is 0 Å².